The molecule has 1 aliphatic carbocycles. The van der Waals surface area contributed by atoms with E-state index < -0.39 is 8.07 Å². The molecule has 1 aromatic rings. The van der Waals surface area contributed by atoms with Crippen molar-refractivity contribution in [3.63, 3.8) is 0 Å². The summed E-state index contributed by atoms with van der Waals surface area (Å²) < 4.78 is 2.13. The predicted octanol–water partition coefficient (Wildman–Crippen LogP) is 6.60. The Labute approximate surface area is 161 Å². The van der Waals surface area contributed by atoms with Gasteiger partial charge in [-0.05, 0) is 41.5 Å². The summed E-state index contributed by atoms with van der Waals surface area (Å²) in [7, 11) is -1.40. The summed E-state index contributed by atoms with van der Waals surface area (Å²) in [6.45, 7) is 18.5. The zero-order valence-corrected chi connectivity index (χ0v) is 18.5. The van der Waals surface area contributed by atoms with Crippen molar-refractivity contribution in [1.82, 2.24) is 0 Å². The molecule has 0 atom stereocenters. The van der Waals surface area contributed by atoms with Crippen molar-refractivity contribution in [3.8, 4) is 0 Å². The van der Waals surface area contributed by atoms with Crippen LogP contribution < -0.4 is 0 Å². The number of benzene rings is 1. The second kappa shape index (κ2) is 7.23. The zero-order valence-electron chi connectivity index (χ0n) is 17.5. The summed E-state index contributed by atoms with van der Waals surface area (Å²) in [6.07, 6.45) is 10.2. The minimum atomic E-state index is -1.40. The molecule has 0 saturated heterocycles. The van der Waals surface area contributed by atoms with Crippen molar-refractivity contribution in [1.29, 1.82) is 0 Å². The molecule has 1 saturated carbocycles. The molecule has 0 spiro atoms. The maximum absolute atomic E-state index is 4.38. The molecule has 0 bridgehead atoms. The fourth-order valence-electron chi connectivity index (χ4n) is 4.37. The molecule has 0 aromatic heterocycles. The lowest BCUT2D eigenvalue weighted by atomic mass is 9.88. The van der Waals surface area contributed by atoms with Gasteiger partial charge in [0.15, 0.2) is 0 Å². The van der Waals surface area contributed by atoms with E-state index in [0.29, 0.717) is 5.92 Å². The molecule has 1 aliphatic heterocycles. The summed E-state index contributed by atoms with van der Waals surface area (Å²) in [5.74, 6) is 1.29. The van der Waals surface area contributed by atoms with Crippen molar-refractivity contribution < 1.29 is 4.58 Å². The third kappa shape index (κ3) is 3.76. The van der Waals surface area contributed by atoms with E-state index in [2.05, 4.69) is 82.2 Å². The van der Waals surface area contributed by atoms with Crippen molar-refractivity contribution in [2.75, 3.05) is 0 Å². The molecule has 140 valence electrons. The summed E-state index contributed by atoms with van der Waals surface area (Å²) in [6, 6.07) is 8.36. The van der Waals surface area contributed by atoms with Gasteiger partial charge in [-0.1, -0.05) is 88.2 Å². The van der Waals surface area contributed by atoms with Crippen LogP contribution in [-0.2, 0) is 0 Å². The van der Waals surface area contributed by atoms with Crippen LogP contribution in [0, 0.1) is 18.9 Å². The first-order valence-electron chi connectivity index (χ1n) is 10.2. The van der Waals surface area contributed by atoms with Gasteiger partial charge in [0, 0.05) is 0 Å². The molecular weight excluding hydrogens is 330 g/mol. The van der Waals surface area contributed by atoms with Gasteiger partial charge in [-0.15, -0.1) is 0 Å². The van der Waals surface area contributed by atoms with E-state index in [1.165, 1.54) is 59.2 Å². The third-order valence-electron chi connectivity index (χ3n) is 5.99. The van der Waals surface area contributed by atoms with Crippen LogP contribution >= 0.6 is 0 Å². The van der Waals surface area contributed by atoms with Gasteiger partial charge in [-0.3, -0.25) is 4.58 Å². The molecule has 0 N–H and O–H groups in total. The highest BCUT2D eigenvalue weighted by molar-refractivity contribution is 6.84. The van der Waals surface area contributed by atoms with E-state index in [9.17, 15) is 0 Å². The van der Waals surface area contributed by atoms with Crippen LogP contribution in [0.2, 0.25) is 19.6 Å². The molecule has 1 heterocycles. The van der Waals surface area contributed by atoms with Gasteiger partial charge in [-0.2, -0.15) is 0 Å². The van der Waals surface area contributed by atoms with Crippen LogP contribution in [0.5, 0.6) is 0 Å². The van der Waals surface area contributed by atoms with E-state index in [-0.39, 0.29) is 0 Å². The molecule has 1 nitrogen and oxygen atoms in total. The summed E-state index contributed by atoms with van der Waals surface area (Å²) >= 11 is 0. The number of hydrogen-bond donors (Lipinski definition) is 0. The van der Waals surface area contributed by atoms with Crippen molar-refractivity contribution >= 4 is 14.8 Å². The number of allylic oxidation sites excluding steroid dienone is 2. The Hall–Kier alpha value is -1.54. The van der Waals surface area contributed by atoms with E-state index in [1.807, 2.05) is 0 Å². The second-order valence-corrected chi connectivity index (χ2v) is 14.5. The highest BCUT2D eigenvalue weighted by atomic mass is 28.3. The molecule has 0 unspecified atom stereocenters. The standard InChI is InChI=1S/C24H35NSi/c1-17(2)21-15-23(25(4)16-24(21)26(5,6)7)22-14-20(13-12-18(22)3)19-10-8-9-11-19/h12-17,19H,4,8-11H2,1-3,5-7H3. The number of rotatable bonds is 4. The summed E-state index contributed by atoms with van der Waals surface area (Å²) in [4.78, 5) is 0. The minimum Gasteiger partial charge on any atom is -0.255 e. The van der Waals surface area contributed by atoms with Crippen LogP contribution in [0.15, 0.2) is 41.2 Å². The highest BCUT2D eigenvalue weighted by Crippen LogP contribution is 2.39. The first-order chi connectivity index (χ1) is 12.2. The number of aryl methyl sites for hydroxylation is 1. The molecule has 1 fully saturated rings. The molecule has 2 heteroatoms. The fraction of sp³-hybridized carbons (Fsp3) is 0.500. The van der Waals surface area contributed by atoms with Crippen molar-refractivity contribution in [2.45, 2.75) is 72.0 Å². The molecular formula is C24H35NSi. The Kier molecular flexibility index (Phi) is 5.34. The average molecular weight is 366 g/mol. The van der Waals surface area contributed by atoms with Gasteiger partial charge >= 0.3 is 0 Å². The van der Waals surface area contributed by atoms with Gasteiger partial charge in [0.2, 0.25) is 0 Å². The average Bonchev–Trinajstić information content (AvgIpc) is 3.08. The molecule has 3 rings (SSSR count). The number of nitrogens with zero attached hydrogens (tertiary/aromatic N) is 1. The van der Waals surface area contributed by atoms with Crippen molar-refractivity contribution in [2.24, 2.45) is 5.92 Å². The molecule has 1 aromatic carbocycles. The largest absolute Gasteiger partial charge is 0.255 e. The monoisotopic (exact) mass is 365 g/mol. The quantitative estimate of drug-likeness (QED) is 0.321. The smallest absolute Gasteiger partial charge is 0.147 e. The normalized spacial score (nSPS) is 19.2. The van der Waals surface area contributed by atoms with E-state index in [0.717, 1.165) is 5.92 Å². The van der Waals surface area contributed by atoms with Gasteiger partial charge < -0.3 is 0 Å². The van der Waals surface area contributed by atoms with Gasteiger partial charge in [0.25, 0.3) is 0 Å². The lowest BCUT2D eigenvalue weighted by molar-refractivity contribution is -0.418. The van der Waals surface area contributed by atoms with E-state index in [1.54, 1.807) is 0 Å². The lowest BCUT2D eigenvalue weighted by Gasteiger charge is -2.33. The van der Waals surface area contributed by atoms with Crippen LogP contribution in [0.25, 0.3) is 0 Å². The first-order valence-corrected chi connectivity index (χ1v) is 13.7. The molecule has 2 aliphatic rings. The van der Waals surface area contributed by atoms with Crippen LogP contribution in [0.3, 0.4) is 0 Å². The first kappa shape index (κ1) is 19.2. The minimum absolute atomic E-state index is 0.537. The Morgan fingerprint density at radius 2 is 1.81 bits per heavy atom. The molecule has 0 amide bonds. The van der Waals surface area contributed by atoms with Crippen molar-refractivity contribution in [3.05, 3.63) is 64.0 Å². The van der Waals surface area contributed by atoms with Gasteiger partial charge in [0.05, 0.1) is 14.8 Å². The topological polar surface area (TPSA) is 3.01 Å². The maximum atomic E-state index is 4.38. The van der Waals surface area contributed by atoms with Gasteiger partial charge in [-0.25, -0.2) is 0 Å². The fourth-order valence-corrected chi connectivity index (χ4v) is 6.14. The Balaban J connectivity index is 2.03. The zero-order chi connectivity index (χ0) is 19.1. The van der Waals surface area contributed by atoms with Crippen LogP contribution in [0.1, 0.15) is 62.1 Å². The maximum Gasteiger partial charge on any atom is 0.147 e. The van der Waals surface area contributed by atoms with Gasteiger partial charge in [0.1, 0.15) is 12.2 Å². The Bertz CT molecular complexity index is 755. The summed E-state index contributed by atoms with van der Waals surface area (Å²) in [5.41, 5.74) is 5.72. The summed E-state index contributed by atoms with van der Waals surface area (Å²) in [5, 5.41) is 1.54. The van der Waals surface area contributed by atoms with Crippen LogP contribution in [-0.4, -0.2) is 19.4 Å². The van der Waals surface area contributed by atoms with E-state index >= 15 is 0 Å². The Morgan fingerprint density at radius 3 is 2.38 bits per heavy atom. The number of hydrogen-bond acceptors (Lipinski definition) is 0. The second-order valence-electron chi connectivity index (χ2n) is 9.46. The van der Waals surface area contributed by atoms with E-state index in [4.69, 9.17) is 0 Å². The highest BCUT2D eigenvalue weighted by Gasteiger charge is 2.30. The predicted molar refractivity (Wildman–Crippen MR) is 116 cm³/mol. The Morgan fingerprint density at radius 1 is 1.15 bits per heavy atom. The van der Waals surface area contributed by atoms with Crippen LogP contribution in [0.4, 0.5) is 0 Å². The molecule has 0 radical (unpaired) electrons. The SMILES string of the molecule is C=[N+]1C=C([Si](C)(C)C)C(C(C)C)=C[C-]1c1cc(C2CCCC2)ccc1C. The third-order valence-corrected chi connectivity index (χ3v) is 8.03. The molecule has 26 heavy (non-hydrogen) atoms. The lowest BCUT2D eigenvalue weighted by Crippen LogP contribution is -2.32.